The maximum atomic E-state index is 13.7. The number of ether oxygens (including phenoxy) is 1. The molecule has 11 rings (SSSR count). The predicted molar refractivity (Wildman–Crippen MR) is 227 cm³/mol. The molecule has 0 aromatic heterocycles. The first-order chi connectivity index (χ1) is 27.7. The summed E-state index contributed by atoms with van der Waals surface area (Å²) in [4.78, 5) is 4.93. The molecule has 0 bridgehead atoms. The van der Waals surface area contributed by atoms with Crippen molar-refractivity contribution in [2.45, 2.75) is 36.8 Å². The number of aryl methyl sites for hydroxylation is 1. The van der Waals surface area contributed by atoms with Gasteiger partial charge in [-0.2, -0.15) is 0 Å². The normalized spacial score (nSPS) is 20.7. The molecule has 4 atom stereocenters. The first-order valence-corrected chi connectivity index (χ1v) is 19.6. The molecule has 2 aliphatic heterocycles. The van der Waals surface area contributed by atoms with Gasteiger partial charge in [-0.1, -0.05) is 115 Å². The third-order valence-electron chi connectivity index (χ3n) is 12.1. The molecule has 270 valence electrons. The molecule has 0 saturated carbocycles. The molecule has 0 saturated heterocycles. The van der Waals surface area contributed by atoms with Crippen molar-refractivity contribution in [1.82, 2.24) is 0 Å². The predicted octanol–water partition coefficient (Wildman–Crippen LogP) is 13.0. The van der Waals surface area contributed by atoms with Gasteiger partial charge in [0.05, 0.1) is 11.7 Å². The smallest absolute Gasteiger partial charge is 0.128 e. The number of hydrogen-bond acceptors (Lipinski definition) is 3. The zero-order chi connectivity index (χ0) is 37.2. The molecular weight excluding hydrogens is 688 g/mol. The van der Waals surface area contributed by atoms with Crippen LogP contribution in [-0.4, -0.2) is 12.1 Å². The minimum atomic E-state index is -0.234. The molecule has 5 aliphatic rings. The van der Waals surface area contributed by atoms with E-state index in [4.69, 9.17) is 4.74 Å². The number of hydrogen-bond donors (Lipinski definition) is 0. The van der Waals surface area contributed by atoms with E-state index in [2.05, 4.69) is 174 Å². The third kappa shape index (κ3) is 5.47. The SMILES string of the molecule is Fc1ccc(-c2ccc(N(c3ccc(-c4ccc5c(c4)C4C=CC=CC4N5C4=Cc5ccccc5CC4)cc3)c3cccc4c3C3C=CC=CC3O4)cc2)cc1. The lowest BCUT2D eigenvalue weighted by Gasteiger charge is -2.33. The first-order valence-electron chi connectivity index (χ1n) is 19.6. The van der Waals surface area contributed by atoms with E-state index >= 15 is 0 Å². The molecule has 0 radical (unpaired) electrons. The molecule has 6 aromatic rings. The van der Waals surface area contributed by atoms with Crippen LogP contribution in [0.4, 0.5) is 27.1 Å². The van der Waals surface area contributed by atoms with Gasteiger partial charge < -0.3 is 14.5 Å². The molecule has 3 aliphatic carbocycles. The minimum Gasteiger partial charge on any atom is -0.485 e. The highest BCUT2D eigenvalue weighted by Crippen LogP contribution is 2.51. The fourth-order valence-electron chi connectivity index (χ4n) is 9.41. The molecule has 0 fully saturated rings. The Morgan fingerprint density at radius 3 is 2.04 bits per heavy atom. The molecule has 56 heavy (non-hydrogen) atoms. The van der Waals surface area contributed by atoms with E-state index < -0.39 is 0 Å². The second-order valence-electron chi connectivity index (χ2n) is 15.3. The van der Waals surface area contributed by atoms with Crippen molar-refractivity contribution in [3.05, 3.63) is 216 Å². The van der Waals surface area contributed by atoms with E-state index in [0.29, 0.717) is 5.92 Å². The van der Waals surface area contributed by atoms with Gasteiger partial charge in [0.1, 0.15) is 17.7 Å². The molecule has 0 spiro atoms. The number of fused-ring (bicyclic) bond motifs is 7. The van der Waals surface area contributed by atoms with Gasteiger partial charge in [0.2, 0.25) is 0 Å². The highest BCUT2D eigenvalue weighted by molar-refractivity contribution is 5.84. The summed E-state index contributed by atoms with van der Waals surface area (Å²) in [5.41, 5.74) is 15.7. The summed E-state index contributed by atoms with van der Waals surface area (Å²) in [5.74, 6) is 1.12. The van der Waals surface area contributed by atoms with Crippen molar-refractivity contribution in [2.24, 2.45) is 0 Å². The highest BCUT2D eigenvalue weighted by Gasteiger charge is 2.39. The number of benzene rings is 6. The Labute approximate surface area is 327 Å². The molecule has 0 amide bonds. The van der Waals surface area contributed by atoms with E-state index in [1.165, 1.54) is 56.9 Å². The van der Waals surface area contributed by atoms with Gasteiger partial charge in [-0.05, 0) is 125 Å². The standard InChI is InChI=1S/C52H39FN2O/c53-40-24-16-35(17-25-40)36-18-26-41(27-19-36)54(49-13-7-15-51-52(49)45-11-4-6-14-50(45)56-51)42-28-20-37(21-29-42)39-23-31-48-46(33-39)44-10-3-5-12-47(44)55(48)43-30-22-34-8-1-2-9-38(34)32-43/h1-21,23-29,31-33,44-45,47,50H,22,30H2. The van der Waals surface area contributed by atoms with Gasteiger partial charge in [-0.15, -0.1) is 0 Å². The Balaban J connectivity index is 0.965. The van der Waals surface area contributed by atoms with Crippen LogP contribution in [-0.2, 0) is 6.42 Å². The van der Waals surface area contributed by atoms with Crippen LogP contribution in [0.2, 0.25) is 0 Å². The number of anilines is 4. The number of allylic oxidation sites excluding steroid dienone is 5. The molecule has 0 N–H and O–H groups in total. The van der Waals surface area contributed by atoms with Crippen LogP contribution in [0.3, 0.4) is 0 Å². The summed E-state index contributed by atoms with van der Waals surface area (Å²) in [5, 5.41) is 0. The molecule has 4 heteroatoms. The Morgan fingerprint density at radius 2 is 1.25 bits per heavy atom. The van der Waals surface area contributed by atoms with Gasteiger partial charge in [0, 0.05) is 40.2 Å². The van der Waals surface area contributed by atoms with Crippen LogP contribution in [0.15, 0.2) is 188 Å². The Hall–Kier alpha value is -6.65. The van der Waals surface area contributed by atoms with Gasteiger partial charge in [0.25, 0.3) is 0 Å². The number of nitrogens with zero attached hydrogens (tertiary/aromatic N) is 2. The fourth-order valence-corrected chi connectivity index (χ4v) is 9.41. The monoisotopic (exact) mass is 726 g/mol. The maximum Gasteiger partial charge on any atom is 0.128 e. The van der Waals surface area contributed by atoms with Crippen LogP contribution in [0.25, 0.3) is 28.3 Å². The molecule has 3 nitrogen and oxygen atoms in total. The van der Waals surface area contributed by atoms with Crippen molar-refractivity contribution in [1.29, 1.82) is 0 Å². The van der Waals surface area contributed by atoms with Gasteiger partial charge >= 0.3 is 0 Å². The van der Waals surface area contributed by atoms with E-state index in [9.17, 15) is 4.39 Å². The first kappa shape index (κ1) is 32.8. The van der Waals surface area contributed by atoms with Crippen LogP contribution >= 0.6 is 0 Å². The zero-order valence-electron chi connectivity index (χ0n) is 30.8. The minimum absolute atomic E-state index is 0.0173. The topological polar surface area (TPSA) is 15.7 Å². The summed E-state index contributed by atoms with van der Waals surface area (Å²) in [6.45, 7) is 0. The van der Waals surface area contributed by atoms with E-state index in [0.717, 1.165) is 46.8 Å². The zero-order valence-corrected chi connectivity index (χ0v) is 30.8. The Kier molecular flexibility index (Phi) is 7.77. The molecule has 6 aromatic carbocycles. The maximum absolute atomic E-state index is 13.7. The van der Waals surface area contributed by atoms with Crippen LogP contribution in [0.1, 0.15) is 40.5 Å². The summed E-state index contributed by atoms with van der Waals surface area (Å²) in [7, 11) is 0. The van der Waals surface area contributed by atoms with Gasteiger partial charge in [0.15, 0.2) is 0 Å². The second-order valence-corrected chi connectivity index (χ2v) is 15.3. The summed E-state index contributed by atoms with van der Waals surface area (Å²) in [6, 6.07) is 46.7. The van der Waals surface area contributed by atoms with Crippen molar-refractivity contribution in [3.8, 4) is 28.0 Å². The number of halogens is 1. The van der Waals surface area contributed by atoms with Crippen LogP contribution in [0, 0.1) is 5.82 Å². The quantitative estimate of drug-likeness (QED) is 0.170. The molecule has 4 unspecified atom stereocenters. The van der Waals surface area contributed by atoms with Crippen molar-refractivity contribution >= 4 is 28.8 Å². The second kappa shape index (κ2) is 13.3. The summed E-state index contributed by atoms with van der Waals surface area (Å²) >= 11 is 0. The van der Waals surface area contributed by atoms with E-state index in [1.807, 2.05) is 12.1 Å². The summed E-state index contributed by atoms with van der Waals surface area (Å²) < 4.78 is 20.2. The Bertz CT molecular complexity index is 2650. The average Bonchev–Trinajstić information content (AvgIpc) is 3.80. The van der Waals surface area contributed by atoms with Gasteiger partial charge in [-0.3, -0.25) is 0 Å². The van der Waals surface area contributed by atoms with Crippen LogP contribution in [0.5, 0.6) is 5.75 Å². The molecule has 2 heterocycles. The van der Waals surface area contributed by atoms with Crippen molar-refractivity contribution in [2.75, 3.05) is 9.80 Å². The summed E-state index contributed by atoms with van der Waals surface area (Å²) in [6.07, 6.45) is 22.2. The largest absolute Gasteiger partial charge is 0.485 e. The van der Waals surface area contributed by atoms with Crippen molar-refractivity contribution in [3.63, 3.8) is 0 Å². The lowest BCUT2D eigenvalue weighted by molar-refractivity contribution is 0.269. The van der Waals surface area contributed by atoms with Gasteiger partial charge in [-0.25, -0.2) is 4.39 Å². The average molecular weight is 727 g/mol. The molecular formula is C52H39FN2O. The van der Waals surface area contributed by atoms with E-state index in [-0.39, 0.29) is 23.9 Å². The fraction of sp³-hybridized carbons (Fsp3) is 0.115. The van der Waals surface area contributed by atoms with Crippen LogP contribution < -0.4 is 14.5 Å². The van der Waals surface area contributed by atoms with Crippen molar-refractivity contribution < 1.29 is 9.13 Å². The third-order valence-corrected chi connectivity index (χ3v) is 12.1. The highest BCUT2D eigenvalue weighted by atomic mass is 19.1. The lowest BCUT2D eigenvalue weighted by atomic mass is 9.89. The van der Waals surface area contributed by atoms with E-state index in [1.54, 1.807) is 0 Å². The number of rotatable bonds is 6. The Morgan fingerprint density at radius 1 is 0.589 bits per heavy atom. The lowest BCUT2D eigenvalue weighted by Crippen LogP contribution is -2.33.